The first kappa shape index (κ1) is 23.1. The molecule has 1 aliphatic rings. The predicted octanol–water partition coefficient (Wildman–Crippen LogP) is 4.93. The summed E-state index contributed by atoms with van der Waals surface area (Å²) in [5, 5.41) is 14.5. The summed E-state index contributed by atoms with van der Waals surface area (Å²) < 4.78 is 11.5. The smallest absolute Gasteiger partial charge is 0.336 e. The molecule has 1 saturated heterocycles. The third-order valence-corrected chi connectivity index (χ3v) is 7.80. The molecule has 6 heteroatoms. The molecule has 1 fully saturated rings. The fraction of sp³-hybridized carbons (Fsp3) is 0.207. The van der Waals surface area contributed by atoms with Crippen molar-refractivity contribution in [2.75, 3.05) is 11.5 Å². The zero-order chi connectivity index (χ0) is 24.2. The summed E-state index contributed by atoms with van der Waals surface area (Å²) in [6, 6.07) is 21.6. The van der Waals surface area contributed by atoms with Crippen LogP contribution < -0.4 is 5.32 Å². The molecule has 176 valence electrons. The Kier molecular flexibility index (Phi) is 6.80. The lowest BCUT2D eigenvalue weighted by Crippen LogP contribution is -2.35. The van der Waals surface area contributed by atoms with Crippen molar-refractivity contribution in [3.05, 3.63) is 95.2 Å². The van der Waals surface area contributed by atoms with Crippen LogP contribution in [0.5, 0.6) is 0 Å². The van der Waals surface area contributed by atoms with Gasteiger partial charge in [-0.3, -0.25) is 4.21 Å². The highest BCUT2D eigenvalue weighted by Gasteiger charge is 2.17. The van der Waals surface area contributed by atoms with Crippen molar-refractivity contribution in [2.24, 2.45) is 0 Å². The average Bonchev–Trinajstić information content (AvgIpc) is 3.35. The van der Waals surface area contributed by atoms with Crippen molar-refractivity contribution in [3.8, 4) is 23.0 Å². The van der Waals surface area contributed by atoms with Gasteiger partial charge < -0.3 is 15.4 Å². The van der Waals surface area contributed by atoms with Gasteiger partial charge in [0.1, 0.15) is 0 Å². The molecule has 0 radical (unpaired) electrons. The number of carbonyl (C=O) groups is 1. The van der Waals surface area contributed by atoms with E-state index in [1.165, 1.54) is 5.56 Å². The first-order valence-electron chi connectivity index (χ1n) is 11.7. The molecular weight excluding hydrogens is 456 g/mol. The standard InChI is InChI=1S/C29H26N2O3S/c32-29(33)26-3-1-2-23(28(26)24-11-10-22-12-15-30-27(22)18-24)9-8-20-4-6-21(7-5-20)19-31-25-13-16-35(34)17-14-25/h1-7,10-12,15,18,25,30-31H,13-14,16-17,19H2,(H,32,33). The van der Waals surface area contributed by atoms with Gasteiger partial charge in [0.15, 0.2) is 0 Å². The molecule has 1 aliphatic heterocycles. The molecule has 0 atom stereocenters. The molecule has 3 N–H and O–H groups in total. The highest BCUT2D eigenvalue weighted by atomic mass is 32.2. The maximum atomic E-state index is 12.0. The number of carboxylic acids is 1. The maximum Gasteiger partial charge on any atom is 0.336 e. The fourth-order valence-corrected chi connectivity index (χ4v) is 5.75. The normalized spacial score (nSPS) is 17.6. The van der Waals surface area contributed by atoms with Gasteiger partial charge in [0.2, 0.25) is 0 Å². The highest BCUT2D eigenvalue weighted by molar-refractivity contribution is 7.85. The number of aromatic amines is 1. The fourth-order valence-electron chi connectivity index (χ4n) is 4.45. The summed E-state index contributed by atoms with van der Waals surface area (Å²) in [7, 11) is -0.643. The lowest BCUT2D eigenvalue weighted by atomic mass is 9.93. The largest absolute Gasteiger partial charge is 0.478 e. The van der Waals surface area contributed by atoms with Gasteiger partial charge in [-0.15, -0.1) is 0 Å². The molecule has 5 nitrogen and oxygen atoms in total. The van der Waals surface area contributed by atoms with Crippen molar-refractivity contribution in [1.82, 2.24) is 10.3 Å². The second kappa shape index (κ2) is 10.3. The van der Waals surface area contributed by atoms with Crippen LogP contribution in [0.2, 0.25) is 0 Å². The Morgan fingerprint density at radius 2 is 1.83 bits per heavy atom. The molecule has 4 aromatic rings. The Bertz CT molecular complexity index is 1450. The van der Waals surface area contributed by atoms with E-state index in [0.29, 0.717) is 17.2 Å². The van der Waals surface area contributed by atoms with E-state index >= 15 is 0 Å². The van der Waals surface area contributed by atoms with E-state index < -0.39 is 16.8 Å². The average molecular weight is 483 g/mol. The molecule has 5 rings (SSSR count). The maximum absolute atomic E-state index is 12.0. The molecule has 0 spiro atoms. The second-order valence-corrected chi connectivity index (χ2v) is 10.5. The SMILES string of the molecule is O=C(O)c1cccc(C#Cc2ccc(CNC3CCS(=O)CC3)cc2)c1-c1ccc2cc[nH]c2c1. The molecule has 0 aliphatic carbocycles. The number of nitrogens with one attached hydrogen (secondary N) is 2. The third-order valence-electron chi connectivity index (χ3n) is 6.42. The first-order valence-corrected chi connectivity index (χ1v) is 13.2. The van der Waals surface area contributed by atoms with E-state index in [2.05, 4.69) is 34.3 Å². The molecule has 2 heterocycles. The number of aromatic nitrogens is 1. The number of aromatic carboxylic acids is 1. The monoisotopic (exact) mass is 482 g/mol. The second-order valence-electron chi connectivity index (χ2n) is 8.76. The number of benzene rings is 3. The topological polar surface area (TPSA) is 82.2 Å². The van der Waals surface area contributed by atoms with Crippen molar-refractivity contribution in [1.29, 1.82) is 0 Å². The van der Waals surface area contributed by atoms with Crippen molar-refractivity contribution >= 4 is 27.7 Å². The van der Waals surface area contributed by atoms with Gasteiger partial charge in [0, 0.05) is 63.3 Å². The van der Waals surface area contributed by atoms with Crippen molar-refractivity contribution in [3.63, 3.8) is 0 Å². The van der Waals surface area contributed by atoms with E-state index in [0.717, 1.165) is 52.9 Å². The molecular formula is C29H26N2O3S. The summed E-state index contributed by atoms with van der Waals surface area (Å²) in [5.41, 5.74) is 5.34. The molecule has 1 aromatic heterocycles. The summed E-state index contributed by atoms with van der Waals surface area (Å²) in [6.45, 7) is 0.775. The minimum atomic E-state index is -0.976. The van der Waals surface area contributed by atoms with Crippen molar-refractivity contribution < 1.29 is 14.1 Å². The zero-order valence-electron chi connectivity index (χ0n) is 19.2. The van der Waals surface area contributed by atoms with Crippen LogP contribution in [0.1, 0.15) is 39.9 Å². The quantitative estimate of drug-likeness (QED) is 0.352. The van der Waals surface area contributed by atoms with Crippen LogP contribution in [-0.2, 0) is 17.3 Å². The summed E-state index contributed by atoms with van der Waals surface area (Å²) >= 11 is 0. The van der Waals surface area contributed by atoms with E-state index in [-0.39, 0.29) is 5.56 Å². The number of carboxylic acid groups (broad SMARTS) is 1. The van der Waals surface area contributed by atoms with Crippen LogP contribution in [0.3, 0.4) is 0 Å². The Morgan fingerprint density at radius 3 is 2.60 bits per heavy atom. The van der Waals surface area contributed by atoms with E-state index in [1.54, 1.807) is 12.1 Å². The Hall–Kier alpha value is -3.66. The predicted molar refractivity (Wildman–Crippen MR) is 141 cm³/mol. The molecule has 0 unspecified atom stereocenters. The number of fused-ring (bicyclic) bond motifs is 1. The zero-order valence-corrected chi connectivity index (χ0v) is 20.0. The van der Waals surface area contributed by atoms with Gasteiger partial charge >= 0.3 is 5.97 Å². The van der Waals surface area contributed by atoms with E-state index in [9.17, 15) is 14.1 Å². The molecule has 0 bridgehead atoms. The van der Waals surface area contributed by atoms with Gasteiger partial charge in [0.05, 0.1) is 5.56 Å². The summed E-state index contributed by atoms with van der Waals surface area (Å²) in [6.07, 6.45) is 3.80. The molecule has 0 amide bonds. The number of rotatable bonds is 5. The molecule has 3 aromatic carbocycles. The van der Waals surface area contributed by atoms with E-state index in [1.807, 2.05) is 48.7 Å². The highest BCUT2D eigenvalue weighted by Crippen LogP contribution is 2.30. The van der Waals surface area contributed by atoms with E-state index in [4.69, 9.17) is 0 Å². The first-order chi connectivity index (χ1) is 17.1. The van der Waals surface area contributed by atoms with Crippen LogP contribution in [0.15, 0.2) is 72.9 Å². The lowest BCUT2D eigenvalue weighted by molar-refractivity contribution is 0.0697. The molecule has 0 saturated carbocycles. The third kappa shape index (κ3) is 5.37. The minimum absolute atomic E-state index is 0.232. The van der Waals surface area contributed by atoms with Gasteiger partial charge in [-0.25, -0.2) is 4.79 Å². The van der Waals surface area contributed by atoms with Crippen LogP contribution >= 0.6 is 0 Å². The Labute approximate surface area is 207 Å². The van der Waals surface area contributed by atoms with Crippen LogP contribution in [-0.4, -0.2) is 37.8 Å². The van der Waals surface area contributed by atoms with Gasteiger partial charge in [-0.1, -0.05) is 42.2 Å². The number of hydrogen-bond donors (Lipinski definition) is 3. The number of hydrogen-bond acceptors (Lipinski definition) is 3. The summed E-state index contributed by atoms with van der Waals surface area (Å²) in [5.74, 6) is 7.01. The minimum Gasteiger partial charge on any atom is -0.478 e. The van der Waals surface area contributed by atoms with Crippen LogP contribution in [0.25, 0.3) is 22.0 Å². The van der Waals surface area contributed by atoms with Crippen LogP contribution in [0, 0.1) is 11.8 Å². The van der Waals surface area contributed by atoms with Gasteiger partial charge in [-0.2, -0.15) is 0 Å². The van der Waals surface area contributed by atoms with Gasteiger partial charge in [0.25, 0.3) is 0 Å². The van der Waals surface area contributed by atoms with Crippen LogP contribution in [0.4, 0.5) is 0 Å². The summed E-state index contributed by atoms with van der Waals surface area (Å²) in [4.78, 5) is 15.2. The van der Waals surface area contributed by atoms with Gasteiger partial charge in [-0.05, 0) is 65.8 Å². The molecule has 35 heavy (non-hydrogen) atoms. The Morgan fingerprint density at radius 1 is 1.03 bits per heavy atom. The number of H-pyrrole nitrogens is 1. The van der Waals surface area contributed by atoms with Crippen molar-refractivity contribution in [2.45, 2.75) is 25.4 Å². The lowest BCUT2D eigenvalue weighted by Gasteiger charge is -2.22. The Balaban J connectivity index is 1.37.